The van der Waals surface area contributed by atoms with Gasteiger partial charge in [-0.15, -0.1) is 0 Å². The Balaban J connectivity index is 1.80. The van der Waals surface area contributed by atoms with E-state index in [1.54, 1.807) is 0 Å². The Morgan fingerprint density at radius 3 is 2.88 bits per heavy atom. The molecule has 0 radical (unpaired) electrons. The first-order valence-electron chi connectivity index (χ1n) is 6.48. The van der Waals surface area contributed by atoms with Crippen LogP contribution in [-0.4, -0.2) is 23.2 Å². The van der Waals surface area contributed by atoms with E-state index in [2.05, 4.69) is 11.9 Å². The number of hydrogen-bond acceptors (Lipinski definition) is 2. The zero-order valence-electron chi connectivity index (χ0n) is 9.96. The normalized spacial score (nSPS) is 26.7. The van der Waals surface area contributed by atoms with Gasteiger partial charge in [-0.2, -0.15) is 0 Å². The van der Waals surface area contributed by atoms with Crippen LogP contribution in [0.15, 0.2) is 0 Å². The number of fused-ring (bicyclic) bond motifs is 1. The lowest BCUT2D eigenvalue weighted by atomic mass is 9.92. The van der Waals surface area contributed by atoms with Gasteiger partial charge in [-0.05, 0) is 38.0 Å². The first kappa shape index (κ1) is 10.3. The Kier molecular flexibility index (Phi) is 2.72. The fraction of sp³-hybridized carbons (Fsp3) is 0.769. The first-order chi connectivity index (χ1) is 7.83. The second-order valence-electron chi connectivity index (χ2n) is 5.28. The van der Waals surface area contributed by atoms with Crippen molar-refractivity contribution in [2.75, 3.05) is 13.2 Å². The molecule has 1 aliphatic carbocycles. The minimum Gasteiger partial charge on any atom is -0.381 e. The van der Waals surface area contributed by atoms with Crippen LogP contribution in [0.4, 0.5) is 0 Å². The highest BCUT2D eigenvalue weighted by Gasteiger charge is 2.24. The third kappa shape index (κ3) is 1.88. The molecule has 16 heavy (non-hydrogen) atoms. The maximum Gasteiger partial charge on any atom is 0.109 e. The van der Waals surface area contributed by atoms with E-state index < -0.39 is 0 Å². The molecule has 1 aliphatic heterocycles. The van der Waals surface area contributed by atoms with Crippen molar-refractivity contribution >= 4 is 0 Å². The summed E-state index contributed by atoms with van der Waals surface area (Å²) in [4.78, 5) is 8.36. The summed E-state index contributed by atoms with van der Waals surface area (Å²) in [5.41, 5.74) is 2.74. The summed E-state index contributed by atoms with van der Waals surface area (Å²) in [7, 11) is 0. The van der Waals surface area contributed by atoms with E-state index in [0.29, 0.717) is 5.92 Å². The van der Waals surface area contributed by atoms with Crippen LogP contribution in [0.1, 0.15) is 49.3 Å². The van der Waals surface area contributed by atoms with E-state index in [-0.39, 0.29) is 0 Å². The molecule has 88 valence electrons. The molecule has 1 aromatic heterocycles. The van der Waals surface area contributed by atoms with E-state index in [9.17, 15) is 0 Å². The van der Waals surface area contributed by atoms with Crippen LogP contribution in [-0.2, 0) is 17.6 Å². The summed E-state index contributed by atoms with van der Waals surface area (Å²) in [6.07, 6.45) is 5.90. The SMILES string of the molecule is CC1CCc2nc(C3CCOCC3)[nH]c2C1. The van der Waals surface area contributed by atoms with Crippen LogP contribution >= 0.6 is 0 Å². The second-order valence-corrected chi connectivity index (χ2v) is 5.28. The van der Waals surface area contributed by atoms with Gasteiger partial charge in [0, 0.05) is 24.8 Å². The van der Waals surface area contributed by atoms with Crippen molar-refractivity contribution in [3.05, 3.63) is 17.2 Å². The van der Waals surface area contributed by atoms with Gasteiger partial charge in [0.2, 0.25) is 0 Å². The average molecular weight is 220 g/mol. The van der Waals surface area contributed by atoms with E-state index in [4.69, 9.17) is 9.72 Å². The van der Waals surface area contributed by atoms with Crippen molar-refractivity contribution in [1.29, 1.82) is 0 Å². The summed E-state index contributed by atoms with van der Waals surface area (Å²) in [5, 5.41) is 0. The third-order valence-corrected chi connectivity index (χ3v) is 3.92. The Bertz CT molecular complexity index is 366. The fourth-order valence-corrected chi connectivity index (χ4v) is 2.84. The second kappa shape index (κ2) is 4.21. The average Bonchev–Trinajstić information content (AvgIpc) is 2.73. The maximum absolute atomic E-state index is 5.40. The van der Waals surface area contributed by atoms with Crippen LogP contribution in [0.25, 0.3) is 0 Å². The first-order valence-corrected chi connectivity index (χ1v) is 6.48. The Labute approximate surface area is 96.6 Å². The molecule has 2 heterocycles. The van der Waals surface area contributed by atoms with Gasteiger partial charge in [0.05, 0.1) is 5.69 Å². The Hall–Kier alpha value is -0.830. The minimum atomic E-state index is 0.606. The molecule has 3 heteroatoms. The van der Waals surface area contributed by atoms with Crippen LogP contribution in [0.2, 0.25) is 0 Å². The molecule has 1 atom stereocenters. The number of ether oxygens (including phenoxy) is 1. The van der Waals surface area contributed by atoms with Crippen molar-refractivity contribution in [3.8, 4) is 0 Å². The number of aromatic nitrogens is 2. The fourth-order valence-electron chi connectivity index (χ4n) is 2.84. The van der Waals surface area contributed by atoms with E-state index in [0.717, 1.165) is 38.4 Å². The molecular weight excluding hydrogens is 200 g/mol. The van der Waals surface area contributed by atoms with Gasteiger partial charge >= 0.3 is 0 Å². The molecule has 3 nitrogen and oxygen atoms in total. The zero-order chi connectivity index (χ0) is 11.0. The number of imidazole rings is 1. The highest BCUT2D eigenvalue weighted by molar-refractivity contribution is 5.20. The van der Waals surface area contributed by atoms with Crippen LogP contribution < -0.4 is 0 Å². The van der Waals surface area contributed by atoms with Gasteiger partial charge in [0.15, 0.2) is 0 Å². The number of H-pyrrole nitrogens is 1. The number of rotatable bonds is 1. The molecule has 1 N–H and O–H groups in total. The molecule has 2 aliphatic rings. The van der Waals surface area contributed by atoms with Gasteiger partial charge in [0.25, 0.3) is 0 Å². The van der Waals surface area contributed by atoms with E-state index >= 15 is 0 Å². The van der Waals surface area contributed by atoms with Crippen LogP contribution in [0.3, 0.4) is 0 Å². The monoisotopic (exact) mass is 220 g/mol. The molecule has 1 saturated heterocycles. The minimum absolute atomic E-state index is 0.606. The standard InChI is InChI=1S/C13H20N2O/c1-9-2-3-11-12(8-9)15-13(14-11)10-4-6-16-7-5-10/h9-10H,2-8H2,1H3,(H,14,15). The molecule has 0 bridgehead atoms. The number of aryl methyl sites for hydroxylation is 1. The van der Waals surface area contributed by atoms with Crippen LogP contribution in [0.5, 0.6) is 0 Å². The molecule has 0 spiro atoms. The van der Waals surface area contributed by atoms with Crippen LogP contribution in [0, 0.1) is 5.92 Å². The Morgan fingerprint density at radius 2 is 2.06 bits per heavy atom. The number of aromatic amines is 1. The number of nitrogens with one attached hydrogen (secondary N) is 1. The van der Waals surface area contributed by atoms with Gasteiger partial charge in [-0.1, -0.05) is 6.92 Å². The molecule has 3 rings (SSSR count). The predicted octanol–water partition coefficient (Wildman–Crippen LogP) is 2.43. The molecule has 0 amide bonds. The smallest absolute Gasteiger partial charge is 0.109 e. The maximum atomic E-state index is 5.40. The number of nitrogens with zero attached hydrogens (tertiary/aromatic N) is 1. The Morgan fingerprint density at radius 1 is 1.25 bits per heavy atom. The van der Waals surface area contributed by atoms with Gasteiger partial charge < -0.3 is 9.72 Å². The van der Waals surface area contributed by atoms with Gasteiger partial charge in [-0.3, -0.25) is 0 Å². The molecule has 1 aromatic rings. The van der Waals surface area contributed by atoms with Crippen molar-refractivity contribution in [1.82, 2.24) is 9.97 Å². The largest absolute Gasteiger partial charge is 0.381 e. The lowest BCUT2D eigenvalue weighted by Gasteiger charge is -2.19. The summed E-state index contributed by atoms with van der Waals surface area (Å²) in [5.74, 6) is 2.65. The molecule has 0 saturated carbocycles. The molecule has 1 unspecified atom stereocenters. The summed E-state index contributed by atoms with van der Waals surface area (Å²) in [6.45, 7) is 4.12. The summed E-state index contributed by atoms with van der Waals surface area (Å²) >= 11 is 0. The van der Waals surface area contributed by atoms with Crippen molar-refractivity contribution in [2.24, 2.45) is 5.92 Å². The highest BCUT2D eigenvalue weighted by Crippen LogP contribution is 2.29. The lowest BCUT2D eigenvalue weighted by Crippen LogP contribution is -2.15. The summed E-state index contributed by atoms with van der Waals surface area (Å²) < 4.78 is 5.40. The highest BCUT2D eigenvalue weighted by atomic mass is 16.5. The molecule has 0 aromatic carbocycles. The zero-order valence-corrected chi connectivity index (χ0v) is 9.96. The van der Waals surface area contributed by atoms with E-state index in [1.807, 2.05) is 0 Å². The van der Waals surface area contributed by atoms with Crippen molar-refractivity contribution in [2.45, 2.75) is 44.9 Å². The van der Waals surface area contributed by atoms with Gasteiger partial charge in [0.1, 0.15) is 5.82 Å². The quantitative estimate of drug-likeness (QED) is 0.789. The topological polar surface area (TPSA) is 37.9 Å². The predicted molar refractivity (Wildman–Crippen MR) is 62.6 cm³/mol. The third-order valence-electron chi connectivity index (χ3n) is 3.92. The molecular formula is C13H20N2O. The molecule has 1 fully saturated rings. The van der Waals surface area contributed by atoms with Crippen molar-refractivity contribution < 1.29 is 4.74 Å². The number of hydrogen-bond donors (Lipinski definition) is 1. The lowest BCUT2D eigenvalue weighted by molar-refractivity contribution is 0.0837. The summed E-state index contributed by atoms with van der Waals surface area (Å²) in [6, 6.07) is 0. The van der Waals surface area contributed by atoms with Crippen molar-refractivity contribution in [3.63, 3.8) is 0 Å². The van der Waals surface area contributed by atoms with Gasteiger partial charge in [-0.25, -0.2) is 4.98 Å². The van der Waals surface area contributed by atoms with E-state index in [1.165, 1.54) is 30.1 Å².